The molecular formula is C12H12N2O2. The molecule has 1 aliphatic rings. The summed E-state index contributed by atoms with van der Waals surface area (Å²) in [6, 6.07) is 5.47. The van der Waals surface area contributed by atoms with Gasteiger partial charge in [0.15, 0.2) is 0 Å². The van der Waals surface area contributed by atoms with Gasteiger partial charge in [0.2, 0.25) is 0 Å². The third-order valence-electron chi connectivity index (χ3n) is 3.00. The predicted molar refractivity (Wildman–Crippen MR) is 60.5 cm³/mol. The molecule has 0 saturated carbocycles. The smallest absolute Gasteiger partial charge is 0.251 e. The third kappa shape index (κ3) is 1.42. The van der Waals surface area contributed by atoms with Crippen LogP contribution < -0.4 is 5.56 Å². The molecule has 1 fully saturated rings. The van der Waals surface area contributed by atoms with Crippen LogP contribution in [0.4, 0.5) is 0 Å². The molecule has 0 bridgehead atoms. The molecule has 4 nitrogen and oxygen atoms in total. The average molecular weight is 216 g/mol. The summed E-state index contributed by atoms with van der Waals surface area (Å²) in [6.07, 6.45) is 4.40. The van der Waals surface area contributed by atoms with E-state index in [1.54, 1.807) is 18.5 Å². The molecule has 3 heterocycles. The van der Waals surface area contributed by atoms with Crippen molar-refractivity contribution in [2.75, 3.05) is 13.2 Å². The lowest BCUT2D eigenvalue weighted by atomic mass is 10.2. The zero-order valence-electron chi connectivity index (χ0n) is 8.80. The Hall–Kier alpha value is -1.68. The highest BCUT2D eigenvalue weighted by Crippen LogP contribution is 2.21. The van der Waals surface area contributed by atoms with Crippen LogP contribution in [0.2, 0.25) is 0 Å². The third-order valence-corrected chi connectivity index (χ3v) is 3.00. The lowest BCUT2D eigenvalue weighted by Crippen LogP contribution is -2.24. The van der Waals surface area contributed by atoms with Crippen LogP contribution in [0.3, 0.4) is 0 Å². The van der Waals surface area contributed by atoms with Gasteiger partial charge in [-0.2, -0.15) is 0 Å². The van der Waals surface area contributed by atoms with E-state index in [0.29, 0.717) is 6.61 Å². The summed E-state index contributed by atoms with van der Waals surface area (Å²) in [7, 11) is 0. The maximum atomic E-state index is 11.9. The van der Waals surface area contributed by atoms with Gasteiger partial charge in [0.05, 0.1) is 18.2 Å². The monoisotopic (exact) mass is 216 g/mol. The molecule has 0 spiro atoms. The van der Waals surface area contributed by atoms with Gasteiger partial charge < -0.3 is 9.30 Å². The van der Waals surface area contributed by atoms with Crippen LogP contribution in [0, 0.1) is 0 Å². The fourth-order valence-electron chi connectivity index (χ4n) is 2.21. The number of aromatic nitrogens is 2. The SMILES string of the molecule is O=c1ccc2cnccc2n1C1CCOC1. The molecule has 0 aromatic carbocycles. The van der Waals surface area contributed by atoms with Crippen molar-refractivity contribution in [2.24, 2.45) is 0 Å². The van der Waals surface area contributed by atoms with Crippen molar-refractivity contribution in [3.05, 3.63) is 40.9 Å². The number of hydrogen-bond donors (Lipinski definition) is 0. The zero-order chi connectivity index (χ0) is 11.0. The first-order valence-electron chi connectivity index (χ1n) is 5.39. The van der Waals surface area contributed by atoms with Gasteiger partial charge >= 0.3 is 0 Å². The van der Waals surface area contributed by atoms with Crippen LogP contribution in [-0.2, 0) is 4.74 Å². The van der Waals surface area contributed by atoms with Crippen molar-refractivity contribution < 1.29 is 4.74 Å². The van der Waals surface area contributed by atoms with Gasteiger partial charge in [-0.3, -0.25) is 9.78 Å². The van der Waals surface area contributed by atoms with Crippen molar-refractivity contribution in [1.82, 2.24) is 9.55 Å². The summed E-state index contributed by atoms with van der Waals surface area (Å²) in [4.78, 5) is 16.0. The lowest BCUT2D eigenvalue weighted by molar-refractivity contribution is 0.186. The molecule has 3 rings (SSSR count). The molecule has 16 heavy (non-hydrogen) atoms. The van der Waals surface area contributed by atoms with Gasteiger partial charge in [-0.1, -0.05) is 0 Å². The second kappa shape index (κ2) is 3.72. The minimum absolute atomic E-state index is 0.0363. The summed E-state index contributed by atoms with van der Waals surface area (Å²) < 4.78 is 7.16. The molecule has 0 radical (unpaired) electrons. The van der Waals surface area contributed by atoms with E-state index >= 15 is 0 Å². The Balaban J connectivity index is 2.27. The molecule has 0 amide bonds. The fourth-order valence-corrected chi connectivity index (χ4v) is 2.21. The molecule has 1 aliphatic heterocycles. The molecule has 1 saturated heterocycles. The summed E-state index contributed by atoms with van der Waals surface area (Å²) in [5.41, 5.74) is 0.979. The van der Waals surface area contributed by atoms with Crippen LogP contribution in [0.25, 0.3) is 10.9 Å². The van der Waals surface area contributed by atoms with Crippen molar-refractivity contribution >= 4 is 10.9 Å². The van der Waals surface area contributed by atoms with Gasteiger partial charge in [-0.25, -0.2) is 0 Å². The topological polar surface area (TPSA) is 44.1 Å². The van der Waals surface area contributed by atoms with Gasteiger partial charge in [0.25, 0.3) is 5.56 Å². The first-order valence-corrected chi connectivity index (χ1v) is 5.39. The molecule has 2 aromatic heterocycles. The first kappa shape index (κ1) is 9.54. The van der Waals surface area contributed by atoms with E-state index in [1.165, 1.54) is 0 Å². The van der Waals surface area contributed by atoms with Crippen molar-refractivity contribution in [1.29, 1.82) is 0 Å². The minimum Gasteiger partial charge on any atom is -0.379 e. The van der Waals surface area contributed by atoms with Crippen LogP contribution >= 0.6 is 0 Å². The van der Waals surface area contributed by atoms with E-state index in [1.807, 2.05) is 16.7 Å². The molecule has 1 unspecified atom stereocenters. The lowest BCUT2D eigenvalue weighted by Gasteiger charge is -2.14. The normalized spacial score (nSPS) is 20.4. The van der Waals surface area contributed by atoms with Crippen LogP contribution in [0.15, 0.2) is 35.4 Å². The zero-order valence-corrected chi connectivity index (χ0v) is 8.80. The number of nitrogens with zero attached hydrogens (tertiary/aromatic N) is 2. The Morgan fingerprint density at radius 1 is 1.38 bits per heavy atom. The maximum Gasteiger partial charge on any atom is 0.251 e. The quantitative estimate of drug-likeness (QED) is 0.723. The Morgan fingerprint density at radius 2 is 2.31 bits per heavy atom. The first-order chi connectivity index (χ1) is 7.86. The molecular weight excluding hydrogens is 204 g/mol. The molecule has 1 atom stereocenters. The van der Waals surface area contributed by atoms with Gasteiger partial charge in [0.1, 0.15) is 0 Å². The second-order valence-corrected chi connectivity index (χ2v) is 3.99. The number of hydrogen-bond acceptors (Lipinski definition) is 3. The maximum absolute atomic E-state index is 11.9. The van der Waals surface area contributed by atoms with Gasteiger partial charge in [-0.05, 0) is 18.6 Å². The highest BCUT2D eigenvalue weighted by atomic mass is 16.5. The highest BCUT2D eigenvalue weighted by Gasteiger charge is 2.19. The number of pyridine rings is 2. The standard InChI is InChI=1S/C12H12N2O2/c15-12-2-1-9-7-13-5-3-11(9)14(12)10-4-6-16-8-10/h1-3,5,7,10H,4,6,8H2. The molecule has 0 aliphatic carbocycles. The Labute approximate surface area is 92.5 Å². The molecule has 0 N–H and O–H groups in total. The second-order valence-electron chi connectivity index (χ2n) is 3.99. The minimum atomic E-state index is 0.0363. The molecule has 4 heteroatoms. The summed E-state index contributed by atoms with van der Waals surface area (Å²) >= 11 is 0. The Bertz CT molecular complexity index is 570. The van der Waals surface area contributed by atoms with E-state index in [9.17, 15) is 4.79 Å². The molecule has 2 aromatic rings. The van der Waals surface area contributed by atoms with Gasteiger partial charge in [-0.15, -0.1) is 0 Å². The highest BCUT2D eigenvalue weighted by molar-refractivity contribution is 5.77. The number of fused-ring (bicyclic) bond motifs is 1. The predicted octanol–water partition coefficient (Wildman–Crippen LogP) is 1.36. The number of rotatable bonds is 1. The van der Waals surface area contributed by atoms with Crippen molar-refractivity contribution in [2.45, 2.75) is 12.5 Å². The van der Waals surface area contributed by atoms with Crippen LogP contribution in [0.5, 0.6) is 0 Å². The summed E-state index contributed by atoms with van der Waals surface area (Å²) in [5.74, 6) is 0. The van der Waals surface area contributed by atoms with E-state index in [2.05, 4.69) is 4.98 Å². The summed E-state index contributed by atoms with van der Waals surface area (Å²) in [5, 5.41) is 0.994. The largest absolute Gasteiger partial charge is 0.379 e. The Morgan fingerprint density at radius 3 is 3.12 bits per heavy atom. The fraction of sp³-hybridized carbons (Fsp3) is 0.333. The van der Waals surface area contributed by atoms with Crippen LogP contribution in [-0.4, -0.2) is 22.8 Å². The summed E-state index contributed by atoms with van der Waals surface area (Å²) in [6.45, 7) is 1.36. The van der Waals surface area contributed by atoms with Crippen LogP contribution in [0.1, 0.15) is 12.5 Å². The van der Waals surface area contributed by atoms with Crippen molar-refractivity contribution in [3.63, 3.8) is 0 Å². The average Bonchev–Trinajstić information content (AvgIpc) is 2.82. The number of ether oxygens (including phenoxy) is 1. The Kier molecular flexibility index (Phi) is 2.22. The van der Waals surface area contributed by atoms with Crippen molar-refractivity contribution in [3.8, 4) is 0 Å². The van der Waals surface area contributed by atoms with E-state index in [0.717, 1.165) is 23.9 Å². The van der Waals surface area contributed by atoms with Gasteiger partial charge in [0, 0.05) is 30.5 Å². The van der Waals surface area contributed by atoms with E-state index in [-0.39, 0.29) is 11.6 Å². The molecule has 82 valence electrons. The van der Waals surface area contributed by atoms with E-state index in [4.69, 9.17) is 4.74 Å². The van der Waals surface area contributed by atoms with E-state index < -0.39 is 0 Å².